The number of alkyl halides is 2. The van der Waals surface area contributed by atoms with Gasteiger partial charge in [-0.15, -0.1) is 0 Å². The van der Waals surface area contributed by atoms with Crippen molar-refractivity contribution in [1.82, 2.24) is 15.0 Å². The molecule has 1 aliphatic carbocycles. The highest BCUT2D eigenvalue weighted by atomic mass is 19.3. The average molecular weight is 336 g/mol. The number of allylic oxidation sites excluding steroid dienone is 1. The monoisotopic (exact) mass is 336 g/mol. The summed E-state index contributed by atoms with van der Waals surface area (Å²) in [6.07, 6.45) is 5.52. The normalized spacial score (nSPS) is 18.3. The van der Waals surface area contributed by atoms with E-state index in [-0.39, 0.29) is 50.0 Å². The molecule has 0 spiro atoms. The van der Waals surface area contributed by atoms with E-state index in [4.69, 9.17) is 10.5 Å². The highest BCUT2D eigenvalue weighted by Crippen LogP contribution is 2.36. The van der Waals surface area contributed by atoms with Crippen molar-refractivity contribution in [2.75, 3.05) is 6.54 Å². The van der Waals surface area contributed by atoms with Gasteiger partial charge in [-0.05, 0) is 18.9 Å². The molecule has 0 unspecified atom stereocenters. The standard InChI is InChI=1S/C16H18F2N4O2/c17-16(18)5-3-10(4-6-16)24-15-13-11(12(23)2-1-7-19)8-20-14(13)21-9-22-15/h1-2,8-10H,3-7,19H2,(H,20,21,22). The molecule has 1 aliphatic rings. The first-order valence-electron chi connectivity index (χ1n) is 7.77. The number of carbonyl (C=O) groups excluding carboxylic acids is 1. The predicted molar refractivity (Wildman–Crippen MR) is 84.2 cm³/mol. The van der Waals surface area contributed by atoms with Gasteiger partial charge in [-0.3, -0.25) is 4.79 Å². The van der Waals surface area contributed by atoms with Crippen molar-refractivity contribution in [3.05, 3.63) is 30.2 Å². The van der Waals surface area contributed by atoms with Crippen molar-refractivity contribution < 1.29 is 18.3 Å². The topological polar surface area (TPSA) is 93.9 Å². The van der Waals surface area contributed by atoms with Crippen molar-refractivity contribution in [3.63, 3.8) is 0 Å². The predicted octanol–water partition coefficient (Wildman–Crippen LogP) is 2.61. The number of hydrogen-bond donors (Lipinski definition) is 2. The largest absolute Gasteiger partial charge is 0.474 e. The zero-order valence-corrected chi connectivity index (χ0v) is 13.0. The Hall–Kier alpha value is -2.35. The molecule has 2 heterocycles. The third kappa shape index (κ3) is 3.43. The van der Waals surface area contributed by atoms with E-state index < -0.39 is 5.92 Å². The molecule has 3 rings (SSSR count). The number of carbonyl (C=O) groups is 1. The molecule has 0 radical (unpaired) electrons. The first kappa shape index (κ1) is 16.5. The van der Waals surface area contributed by atoms with Crippen LogP contribution in [0.5, 0.6) is 5.88 Å². The minimum atomic E-state index is -2.62. The number of fused-ring (bicyclic) bond motifs is 1. The molecule has 0 atom stereocenters. The molecule has 0 amide bonds. The molecule has 0 saturated heterocycles. The number of ketones is 1. The molecule has 3 N–H and O–H groups in total. The first-order valence-corrected chi connectivity index (χ1v) is 7.77. The Morgan fingerprint density at radius 2 is 2.17 bits per heavy atom. The number of H-pyrrole nitrogens is 1. The quantitative estimate of drug-likeness (QED) is 0.646. The minimum absolute atomic E-state index is 0.204. The van der Waals surface area contributed by atoms with Gasteiger partial charge in [0.25, 0.3) is 0 Å². The Kier molecular flexibility index (Phi) is 4.57. The second-order valence-electron chi connectivity index (χ2n) is 5.78. The number of nitrogens with one attached hydrogen (secondary N) is 1. The summed E-state index contributed by atoms with van der Waals surface area (Å²) >= 11 is 0. The van der Waals surface area contributed by atoms with Crippen LogP contribution in [0.4, 0.5) is 8.78 Å². The maximum absolute atomic E-state index is 13.3. The van der Waals surface area contributed by atoms with Gasteiger partial charge in [0, 0.05) is 25.6 Å². The number of halogens is 2. The van der Waals surface area contributed by atoms with Crippen molar-refractivity contribution in [1.29, 1.82) is 0 Å². The van der Waals surface area contributed by atoms with Crippen LogP contribution in [0.25, 0.3) is 11.0 Å². The lowest BCUT2D eigenvalue weighted by Gasteiger charge is -2.28. The summed E-state index contributed by atoms with van der Waals surface area (Å²) in [5.74, 6) is -2.63. The van der Waals surface area contributed by atoms with Crippen LogP contribution < -0.4 is 10.5 Å². The Morgan fingerprint density at radius 3 is 2.88 bits per heavy atom. The molecule has 0 bridgehead atoms. The number of hydrogen-bond acceptors (Lipinski definition) is 5. The van der Waals surface area contributed by atoms with Crippen LogP contribution in [0.15, 0.2) is 24.7 Å². The van der Waals surface area contributed by atoms with Gasteiger partial charge in [0.1, 0.15) is 18.1 Å². The summed E-state index contributed by atoms with van der Waals surface area (Å²) in [7, 11) is 0. The van der Waals surface area contributed by atoms with E-state index in [1.54, 1.807) is 6.08 Å². The smallest absolute Gasteiger partial charge is 0.248 e. The van der Waals surface area contributed by atoms with Gasteiger partial charge in [-0.25, -0.2) is 18.7 Å². The summed E-state index contributed by atoms with van der Waals surface area (Å²) in [4.78, 5) is 23.3. The lowest BCUT2D eigenvalue weighted by molar-refractivity contribution is -0.0586. The molecular formula is C16H18F2N4O2. The maximum Gasteiger partial charge on any atom is 0.248 e. The van der Waals surface area contributed by atoms with Gasteiger partial charge < -0.3 is 15.5 Å². The van der Waals surface area contributed by atoms with Crippen LogP contribution in [0.3, 0.4) is 0 Å². The molecule has 1 fully saturated rings. The molecule has 8 heteroatoms. The van der Waals surface area contributed by atoms with E-state index in [1.165, 1.54) is 18.6 Å². The van der Waals surface area contributed by atoms with Crippen LogP contribution in [0.2, 0.25) is 0 Å². The molecule has 128 valence electrons. The van der Waals surface area contributed by atoms with E-state index in [2.05, 4.69) is 15.0 Å². The average Bonchev–Trinajstić information content (AvgIpc) is 3.00. The first-order chi connectivity index (χ1) is 11.5. The van der Waals surface area contributed by atoms with Crippen molar-refractivity contribution in [3.8, 4) is 5.88 Å². The lowest BCUT2D eigenvalue weighted by Crippen LogP contribution is -2.31. The summed E-state index contributed by atoms with van der Waals surface area (Å²) in [5, 5.41) is 0.460. The SMILES string of the molecule is NCC=CC(=O)c1c[nH]c2ncnc(OC3CCC(F)(F)CC3)c12. The van der Waals surface area contributed by atoms with Gasteiger partial charge in [-0.1, -0.05) is 6.08 Å². The van der Waals surface area contributed by atoms with E-state index >= 15 is 0 Å². The fourth-order valence-electron chi connectivity index (χ4n) is 2.77. The minimum Gasteiger partial charge on any atom is -0.474 e. The summed E-state index contributed by atoms with van der Waals surface area (Å²) < 4.78 is 32.3. The number of nitrogens with zero attached hydrogens (tertiary/aromatic N) is 2. The third-order valence-corrected chi connectivity index (χ3v) is 4.05. The van der Waals surface area contributed by atoms with Crippen LogP contribution in [-0.4, -0.2) is 39.3 Å². The molecule has 2 aromatic rings. The number of ether oxygens (including phenoxy) is 1. The van der Waals surface area contributed by atoms with Crippen LogP contribution in [-0.2, 0) is 0 Å². The van der Waals surface area contributed by atoms with Crippen LogP contribution >= 0.6 is 0 Å². The third-order valence-electron chi connectivity index (χ3n) is 4.05. The number of rotatable bonds is 5. The second-order valence-corrected chi connectivity index (χ2v) is 5.78. The zero-order chi connectivity index (χ0) is 17.2. The maximum atomic E-state index is 13.3. The molecule has 0 aliphatic heterocycles. The van der Waals surface area contributed by atoms with E-state index in [0.717, 1.165) is 0 Å². The molecule has 24 heavy (non-hydrogen) atoms. The second kappa shape index (κ2) is 6.64. The Bertz CT molecular complexity index is 763. The Balaban J connectivity index is 1.87. The molecule has 6 nitrogen and oxygen atoms in total. The van der Waals surface area contributed by atoms with Gasteiger partial charge in [0.05, 0.1) is 10.9 Å². The highest BCUT2D eigenvalue weighted by molar-refractivity contribution is 6.13. The van der Waals surface area contributed by atoms with Gasteiger partial charge >= 0.3 is 0 Å². The number of aromatic amines is 1. The van der Waals surface area contributed by atoms with E-state index in [1.807, 2.05) is 0 Å². The van der Waals surface area contributed by atoms with Gasteiger partial charge in [0.15, 0.2) is 5.78 Å². The summed E-state index contributed by atoms with van der Waals surface area (Å²) in [6, 6.07) is 0. The fraction of sp³-hybridized carbons (Fsp3) is 0.438. The Morgan fingerprint density at radius 1 is 1.42 bits per heavy atom. The van der Waals surface area contributed by atoms with Gasteiger partial charge in [0.2, 0.25) is 11.8 Å². The zero-order valence-electron chi connectivity index (χ0n) is 13.0. The van der Waals surface area contributed by atoms with E-state index in [9.17, 15) is 13.6 Å². The molecule has 0 aromatic carbocycles. The van der Waals surface area contributed by atoms with Crippen molar-refractivity contribution in [2.24, 2.45) is 5.73 Å². The van der Waals surface area contributed by atoms with E-state index in [0.29, 0.717) is 16.6 Å². The van der Waals surface area contributed by atoms with Crippen molar-refractivity contribution >= 4 is 16.8 Å². The summed E-state index contributed by atoms with van der Waals surface area (Å²) in [5.41, 5.74) is 6.19. The molecule has 1 saturated carbocycles. The Labute approximate surface area is 137 Å². The van der Waals surface area contributed by atoms with Gasteiger partial charge in [-0.2, -0.15) is 0 Å². The number of nitrogens with two attached hydrogens (primary N) is 1. The van der Waals surface area contributed by atoms with Crippen molar-refractivity contribution in [2.45, 2.75) is 37.7 Å². The fourth-order valence-corrected chi connectivity index (χ4v) is 2.77. The van der Waals surface area contributed by atoms with Crippen LogP contribution in [0, 0.1) is 0 Å². The van der Waals surface area contributed by atoms with Crippen LogP contribution in [0.1, 0.15) is 36.0 Å². The lowest BCUT2D eigenvalue weighted by atomic mass is 9.94. The molecular weight excluding hydrogens is 318 g/mol. The highest BCUT2D eigenvalue weighted by Gasteiger charge is 2.36. The molecule has 2 aromatic heterocycles. The number of aromatic nitrogens is 3. The summed E-state index contributed by atoms with van der Waals surface area (Å²) in [6.45, 7) is 0.254.